The molecule has 1 atom stereocenters. The quantitative estimate of drug-likeness (QED) is 0.176. The van der Waals surface area contributed by atoms with Gasteiger partial charge in [-0.15, -0.1) is 0 Å². The molecule has 2 aromatic rings. The first kappa shape index (κ1) is 21.5. The van der Waals surface area contributed by atoms with Gasteiger partial charge < -0.3 is 29.4 Å². The Bertz CT molecular complexity index is 744. The summed E-state index contributed by atoms with van der Waals surface area (Å²) in [7, 11) is -1.55. The van der Waals surface area contributed by atoms with Crippen LogP contribution in [0.4, 0.5) is 0 Å². The van der Waals surface area contributed by atoms with Crippen LogP contribution in [0.5, 0.6) is 11.5 Å². The highest BCUT2D eigenvalue weighted by Gasteiger charge is 2.12. The van der Waals surface area contributed by atoms with Crippen LogP contribution in [-0.4, -0.2) is 41.5 Å². The molecule has 2 aromatic carbocycles. The molecule has 0 saturated heterocycles. The van der Waals surface area contributed by atoms with Crippen LogP contribution >= 0.6 is 0 Å². The predicted molar refractivity (Wildman–Crippen MR) is 104 cm³/mol. The van der Waals surface area contributed by atoms with Crippen molar-refractivity contribution in [2.24, 2.45) is 0 Å². The SMILES string of the molecule is C=CC(=O)OCCCCOc1ccc(C(O)Oc2ccc(B(O)O)cc2)cc1. The highest BCUT2D eigenvalue weighted by Crippen LogP contribution is 2.21. The summed E-state index contributed by atoms with van der Waals surface area (Å²) in [5.74, 6) is 0.619. The van der Waals surface area contributed by atoms with Crippen molar-refractivity contribution in [3.63, 3.8) is 0 Å². The Morgan fingerprint density at radius 2 is 1.61 bits per heavy atom. The number of carbonyl (C=O) groups is 1. The van der Waals surface area contributed by atoms with E-state index in [0.717, 1.165) is 12.5 Å². The third-order valence-electron chi connectivity index (χ3n) is 3.81. The van der Waals surface area contributed by atoms with Gasteiger partial charge >= 0.3 is 13.1 Å². The zero-order chi connectivity index (χ0) is 20.4. The summed E-state index contributed by atoms with van der Waals surface area (Å²) in [6.45, 7) is 4.13. The molecule has 1 unspecified atom stereocenters. The number of ether oxygens (including phenoxy) is 3. The van der Waals surface area contributed by atoms with E-state index in [-0.39, 0.29) is 0 Å². The molecule has 2 rings (SSSR count). The maximum absolute atomic E-state index is 10.9. The van der Waals surface area contributed by atoms with Gasteiger partial charge in [-0.1, -0.05) is 18.7 Å². The van der Waals surface area contributed by atoms with E-state index in [1.165, 1.54) is 12.1 Å². The number of hydrogen-bond acceptors (Lipinski definition) is 7. The Hall–Kier alpha value is -2.81. The lowest BCUT2D eigenvalue weighted by atomic mass is 9.80. The number of aliphatic hydroxyl groups is 1. The molecule has 0 aliphatic carbocycles. The normalized spacial score (nSPS) is 11.4. The minimum Gasteiger partial charge on any atom is -0.494 e. The fourth-order valence-corrected chi connectivity index (χ4v) is 2.27. The van der Waals surface area contributed by atoms with Crippen molar-refractivity contribution in [1.82, 2.24) is 0 Å². The van der Waals surface area contributed by atoms with E-state index < -0.39 is 19.4 Å². The largest absolute Gasteiger partial charge is 0.494 e. The first-order valence-corrected chi connectivity index (χ1v) is 8.82. The Balaban J connectivity index is 1.75. The smallest absolute Gasteiger partial charge is 0.488 e. The molecule has 0 fully saturated rings. The molecule has 28 heavy (non-hydrogen) atoms. The Kier molecular flexibility index (Phi) is 8.55. The number of carbonyl (C=O) groups excluding carboxylic acids is 1. The molecule has 0 spiro atoms. The van der Waals surface area contributed by atoms with Crippen LogP contribution in [0.2, 0.25) is 0 Å². The number of benzene rings is 2. The molecule has 148 valence electrons. The predicted octanol–water partition coefficient (Wildman–Crippen LogP) is 1.32. The third kappa shape index (κ3) is 7.07. The van der Waals surface area contributed by atoms with E-state index in [0.29, 0.717) is 42.2 Å². The van der Waals surface area contributed by atoms with Gasteiger partial charge in [-0.05, 0) is 54.7 Å². The van der Waals surface area contributed by atoms with E-state index in [1.807, 2.05) is 0 Å². The van der Waals surface area contributed by atoms with Gasteiger partial charge in [0, 0.05) is 11.6 Å². The van der Waals surface area contributed by atoms with Gasteiger partial charge in [0.05, 0.1) is 13.2 Å². The second-order valence-electron chi connectivity index (χ2n) is 5.91. The number of hydrogen-bond donors (Lipinski definition) is 3. The van der Waals surface area contributed by atoms with Crippen molar-refractivity contribution in [3.8, 4) is 11.5 Å². The fraction of sp³-hybridized carbons (Fsp3) is 0.250. The number of esters is 1. The second kappa shape index (κ2) is 11.1. The lowest BCUT2D eigenvalue weighted by molar-refractivity contribution is -0.137. The van der Waals surface area contributed by atoms with Crippen molar-refractivity contribution < 1.29 is 34.2 Å². The first-order valence-electron chi connectivity index (χ1n) is 8.82. The summed E-state index contributed by atoms with van der Waals surface area (Å²) in [5, 5.41) is 28.3. The van der Waals surface area contributed by atoms with Crippen LogP contribution in [0.15, 0.2) is 61.2 Å². The lowest BCUT2D eigenvalue weighted by Gasteiger charge is -2.15. The first-order chi connectivity index (χ1) is 13.5. The zero-order valence-electron chi connectivity index (χ0n) is 15.4. The zero-order valence-corrected chi connectivity index (χ0v) is 15.4. The number of unbranched alkanes of at least 4 members (excludes halogenated alkanes) is 1. The van der Waals surface area contributed by atoms with Crippen LogP contribution in [0.3, 0.4) is 0 Å². The van der Waals surface area contributed by atoms with Crippen molar-refractivity contribution in [2.45, 2.75) is 19.1 Å². The van der Waals surface area contributed by atoms with Crippen molar-refractivity contribution in [3.05, 3.63) is 66.7 Å². The summed E-state index contributed by atoms with van der Waals surface area (Å²) in [6.07, 6.45) is 1.39. The third-order valence-corrected chi connectivity index (χ3v) is 3.81. The maximum atomic E-state index is 10.9. The summed E-state index contributed by atoms with van der Waals surface area (Å²) >= 11 is 0. The summed E-state index contributed by atoms with van der Waals surface area (Å²) in [5.41, 5.74) is 0.886. The molecule has 0 saturated carbocycles. The van der Waals surface area contributed by atoms with Crippen LogP contribution in [0.25, 0.3) is 0 Å². The van der Waals surface area contributed by atoms with E-state index >= 15 is 0 Å². The minimum atomic E-state index is -1.55. The molecule has 8 heteroatoms. The molecule has 0 aromatic heterocycles. The minimum absolute atomic E-state index is 0.328. The van der Waals surface area contributed by atoms with E-state index in [2.05, 4.69) is 6.58 Å². The number of rotatable bonds is 11. The molecule has 0 heterocycles. The molecular formula is C20H23BO7. The van der Waals surface area contributed by atoms with E-state index in [9.17, 15) is 9.90 Å². The van der Waals surface area contributed by atoms with Gasteiger partial charge in [-0.2, -0.15) is 0 Å². The maximum Gasteiger partial charge on any atom is 0.488 e. The Morgan fingerprint density at radius 1 is 1.00 bits per heavy atom. The topological polar surface area (TPSA) is 105 Å². The molecule has 7 nitrogen and oxygen atoms in total. The van der Waals surface area contributed by atoms with Gasteiger partial charge in [-0.25, -0.2) is 4.79 Å². The number of aliphatic hydroxyl groups excluding tert-OH is 1. The van der Waals surface area contributed by atoms with E-state index in [4.69, 9.17) is 24.3 Å². The van der Waals surface area contributed by atoms with Gasteiger partial charge in [-0.3, -0.25) is 0 Å². The van der Waals surface area contributed by atoms with Gasteiger partial charge in [0.2, 0.25) is 6.29 Å². The molecule has 0 radical (unpaired) electrons. The van der Waals surface area contributed by atoms with Gasteiger partial charge in [0.15, 0.2) is 0 Å². The highest BCUT2D eigenvalue weighted by atomic mass is 16.6. The summed E-state index contributed by atoms with van der Waals surface area (Å²) in [6, 6.07) is 12.9. The standard InChI is InChI=1S/C20H23BO7/c1-2-19(22)27-14-4-3-13-26-17-9-5-15(6-10-17)20(23)28-18-11-7-16(8-12-18)21(24)25/h2,5-12,20,23-25H,1,3-4,13-14H2. The van der Waals surface area contributed by atoms with Crippen molar-refractivity contribution >= 4 is 18.6 Å². The summed E-state index contributed by atoms with van der Waals surface area (Å²) < 4.78 is 15.9. The molecule has 3 N–H and O–H groups in total. The summed E-state index contributed by atoms with van der Waals surface area (Å²) in [4.78, 5) is 10.9. The lowest BCUT2D eigenvalue weighted by Crippen LogP contribution is -2.29. The molecule has 0 amide bonds. The monoisotopic (exact) mass is 386 g/mol. The van der Waals surface area contributed by atoms with Crippen LogP contribution in [0, 0.1) is 0 Å². The van der Waals surface area contributed by atoms with Crippen LogP contribution < -0.4 is 14.9 Å². The van der Waals surface area contributed by atoms with Crippen molar-refractivity contribution in [2.75, 3.05) is 13.2 Å². The Morgan fingerprint density at radius 3 is 2.21 bits per heavy atom. The highest BCUT2D eigenvalue weighted by molar-refractivity contribution is 6.58. The molecule has 0 aliphatic heterocycles. The molecule has 0 bridgehead atoms. The molecule has 0 aliphatic rings. The van der Waals surface area contributed by atoms with Gasteiger partial charge in [0.1, 0.15) is 11.5 Å². The molecular weight excluding hydrogens is 363 g/mol. The Labute approximate surface area is 163 Å². The second-order valence-corrected chi connectivity index (χ2v) is 5.91. The van der Waals surface area contributed by atoms with Crippen LogP contribution in [-0.2, 0) is 9.53 Å². The average molecular weight is 386 g/mol. The average Bonchev–Trinajstić information content (AvgIpc) is 2.71. The van der Waals surface area contributed by atoms with Gasteiger partial charge in [0.25, 0.3) is 0 Å². The van der Waals surface area contributed by atoms with Crippen LogP contribution in [0.1, 0.15) is 24.7 Å². The fourth-order valence-electron chi connectivity index (χ4n) is 2.27. The van der Waals surface area contributed by atoms with E-state index in [1.54, 1.807) is 36.4 Å². The van der Waals surface area contributed by atoms with Crippen molar-refractivity contribution in [1.29, 1.82) is 0 Å².